The van der Waals surface area contributed by atoms with Gasteiger partial charge < -0.3 is 9.64 Å². The molecule has 1 aliphatic rings. The van der Waals surface area contributed by atoms with Crippen LogP contribution in [0.2, 0.25) is 0 Å². The van der Waals surface area contributed by atoms with E-state index in [-0.39, 0.29) is 11.4 Å². The number of ether oxygens (including phenoxy) is 1. The summed E-state index contributed by atoms with van der Waals surface area (Å²) in [6.07, 6.45) is 5.20. The molecule has 1 aromatic carbocycles. The van der Waals surface area contributed by atoms with Gasteiger partial charge in [0.05, 0.1) is 30.4 Å². The Bertz CT molecular complexity index is 1040. The standard InChI is InChI=1S/C20H22FN5O2/c1-13-24-18-9-15(21)3-4-17(18)19(27)26(13)12-14-5-7-25(8-6-14)20-22-10-16(28-2)11-23-20/h3-4,9-11,14H,5-8,12H2,1-2H3. The molecule has 28 heavy (non-hydrogen) atoms. The molecule has 0 unspecified atom stereocenters. The Kier molecular flexibility index (Phi) is 4.93. The fourth-order valence-electron chi connectivity index (χ4n) is 3.67. The molecule has 0 radical (unpaired) electrons. The Morgan fingerprint density at radius 2 is 1.93 bits per heavy atom. The minimum atomic E-state index is -0.385. The monoisotopic (exact) mass is 383 g/mol. The van der Waals surface area contributed by atoms with Crippen molar-refractivity contribution >= 4 is 16.9 Å². The van der Waals surface area contributed by atoms with Gasteiger partial charge in [-0.25, -0.2) is 19.3 Å². The third-order valence-electron chi connectivity index (χ3n) is 5.30. The lowest BCUT2D eigenvalue weighted by molar-refractivity contribution is 0.346. The second-order valence-electron chi connectivity index (χ2n) is 7.09. The van der Waals surface area contributed by atoms with Crippen LogP contribution >= 0.6 is 0 Å². The van der Waals surface area contributed by atoms with Gasteiger partial charge in [0.2, 0.25) is 5.95 Å². The first-order chi connectivity index (χ1) is 13.5. The number of halogens is 1. The molecule has 0 aliphatic carbocycles. The van der Waals surface area contributed by atoms with Gasteiger partial charge in [0.1, 0.15) is 11.6 Å². The van der Waals surface area contributed by atoms with Crippen LogP contribution < -0.4 is 15.2 Å². The van der Waals surface area contributed by atoms with Gasteiger partial charge in [0.25, 0.3) is 5.56 Å². The Morgan fingerprint density at radius 1 is 1.21 bits per heavy atom. The highest BCUT2D eigenvalue weighted by molar-refractivity contribution is 5.77. The molecule has 0 spiro atoms. The first-order valence-electron chi connectivity index (χ1n) is 9.33. The van der Waals surface area contributed by atoms with Crippen LogP contribution in [0, 0.1) is 18.7 Å². The number of anilines is 1. The first kappa shape index (κ1) is 18.3. The van der Waals surface area contributed by atoms with Crippen LogP contribution in [0.25, 0.3) is 10.9 Å². The van der Waals surface area contributed by atoms with Crippen molar-refractivity contribution < 1.29 is 9.13 Å². The van der Waals surface area contributed by atoms with E-state index in [4.69, 9.17) is 4.74 Å². The van der Waals surface area contributed by atoms with Crippen LogP contribution in [0.3, 0.4) is 0 Å². The van der Waals surface area contributed by atoms with E-state index in [0.29, 0.717) is 40.9 Å². The zero-order valence-corrected chi connectivity index (χ0v) is 15.9. The highest BCUT2D eigenvalue weighted by atomic mass is 19.1. The molecule has 0 amide bonds. The average molecular weight is 383 g/mol. The van der Waals surface area contributed by atoms with Crippen molar-refractivity contribution in [2.45, 2.75) is 26.3 Å². The van der Waals surface area contributed by atoms with Crippen molar-refractivity contribution in [3.05, 3.63) is 52.6 Å². The third-order valence-corrected chi connectivity index (χ3v) is 5.30. The molecule has 1 fully saturated rings. The summed E-state index contributed by atoms with van der Waals surface area (Å²) in [5, 5.41) is 0.455. The molecule has 4 rings (SSSR count). The lowest BCUT2D eigenvalue weighted by Crippen LogP contribution is -2.37. The van der Waals surface area contributed by atoms with Gasteiger partial charge in [-0.05, 0) is 37.8 Å². The van der Waals surface area contributed by atoms with E-state index >= 15 is 0 Å². The molecule has 1 saturated heterocycles. The summed E-state index contributed by atoms with van der Waals surface area (Å²) in [7, 11) is 1.59. The van der Waals surface area contributed by atoms with E-state index < -0.39 is 0 Å². The quantitative estimate of drug-likeness (QED) is 0.689. The molecule has 1 aliphatic heterocycles. The van der Waals surface area contributed by atoms with Crippen molar-refractivity contribution in [3.63, 3.8) is 0 Å². The fraction of sp³-hybridized carbons (Fsp3) is 0.400. The summed E-state index contributed by atoms with van der Waals surface area (Å²) < 4.78 is 20.2. The van der Waals surface area contributed by atoms with Crippen molar-refractivity contribution in [3.8, 4) is 5.75 Å². The van der Waals surface area contributed by atoms with Crippen molar-refractivity contribution in [2.75, 3.05) is 25.1 Å². The van der Waals surface area contributed by atoms with Crippen molar-refractivity contribution in [1.82, 2.24) is 19.5 Å². The van der Waals surface area contributed by atoms with Gasteiger partial charge in [-0.3, -0.25) is 9.36 Å². The van der Waals surface area contributed by atoms with Crippen LogP contribution in [0.15, 0.2) is 35.4 Å². The molecular formula is C20H22FN5O2. The maximum atomic E-state index is 13.4. The number of aromatic nitrogens is 4. The van der Waals surface area contributed by atoms with Crippen molar-refractivity contribution in [2.24, 2.45) is 5.92 Å². The zero-order valence-electron chi connectivity index (χ0n) is 15.9. The molecule has 0 saturated carbocycles. The average Bonchev–Trinajstić information content (AvgIpc) is 2.71. The lowest BCUT2D eigenvalue weighted by atomic mass is 9.96. The van der Waals surface area contributed by atoms with E-state index in [1.165, 1.54) is 18.2 Å². The topological polar surface area (TPSA) is 73.1 Å². The molecule has 7 nitrogen and oxygen atoms in total. The van der Waals surface area contributed by atoms with E-state index in [1.807, 2.05) is 0 Å². The summed E-state index contributed by atoms with van der Waals surface area (Å²) in [6.45, 7) is 4.07. The van der Waals surface area contributed by atoms with Gasteiger partial charge in [0.15, 0.2) is 5.75 Å². The van der Waals surface area contributed by atoms with Gasteiger partial charge in [-0.15, -0.1) is 0 Å². The molecule has 0 atom stereocenters. The van der Waals surface area contributed by atoms with Crippen LogP contribution in [0.4, 0.5) is 10.3 Å². The van der Waals surface area contributed by atoms with Gasteiger partial charge in [0, 0.05) is 25.7 Å². The number of hydrogen-bond donors (Lipinski definition) is 0. The number of methoxy groups -OCH3 is 1. The maximum absolute atomic E-state index is 13.4. The molecule has 0 bridgehead atoms. The number of hydrogen-bond acceptors (Lipinski definition) is 6. The first-order valence-corrected chi connectivity index (χ1v) is 9.33. The minimum Gasteiger partial charge on any atom is -0.494 e. The summed E-state index contributed by atoms with van der Waals surface area (Å²) in [5.74, 6) is 1.93. The second kappa shape index (κ2) is 7.53. The van der Waals surface area contributed by atoms with E-state index in [1.54, 1.807) is 31.0 Å². The van der Waals surface area contributed by atoms with Crippen molar-refractivity contribution in [1.29, 1.82) is 0 Å². The Labute approximate surface area is 161 Å². The smallest absolute Gasteiger partial charge is 0.261 e. The summed E-state index contributed by atoms with van der Waals surface area (Å²) in [5.41, 5.74) is 0.300. The highest BCUT2D eigenvalue weighted by Gasteiger charge is 2.22. The van der Waals surface area contributed by atoms with E-state index in [2.05, 4.69) is 19.9 Å². The Morgan fingerprint density at radius 3 is 2.61 bits per heavy atom. The van der Waals surface area contributed by atoms with E-state index in [0.717, 1.165) is 25.9 Å². The van der Waals surface area contributed by atoms with E-state index in [9.17, 15) is 9.18 Å². The number of piperidine rings is 1. The molecule has 3 aromatic rings. The molecule has 2 aromatic heterocycles. The summed E-state index contributed by atoms with van der Waals surface area (Å²) in [4.78, 5) is 28.1. The summed E-state index contributed by atoms with van der Waals surface area (Å²) in [6, 6.07) is 4.12. The number of benzene rings is 1. The van der Waals surface area contributed by atoms with Gasteiger partial charge in [-0.2, -0.15) is 0 Å². The predicted octanol–water partition coefficient (Wildman–Crippen LogP) is 2.56. The van der Waals surface area contributed by atoms with Gasteiger partial charge in [-0.1, -0.05) is 0 Å². The Hall–Kier alpha value is -3.03. The molecule has 8 heteroatoms. The summed E-state index contributed by atoms with van der Waals surface area (Å²) >= 11 is 0. The molecule has 146 valence electrons. The maximum Gasteiger partial charge on any atom is 0.261 e. The van der Waals surface area contributed by atoms with Crippen LogP contribution in [0.5, 0.6) is 5.75 Å². The largest absolute Gasteiger partial charge is 0.494 e. The molecule has 0 N–H and O–H groups in total. The van der Waals surface area contributed by atoms with Crippen LogP contribution in [-0.4, -0.2) is 39.7 Å². The second-order valence-corrected chi connectivity index (χ2v) is 7.09. The zero-order chi connectivity index (χ0) is 19.7. The lowest BCUT2D eigenvalue weighted by Gasteiger charge is -2.32. The molecule has 3 heterocycles. The van der Waals surface area contributed by atoms with Crippen LogP contribution in [-0.2, 0) is 6.54 Å². The van der Waals surface area contributed by atoms with Gasteiger partial charge >= 0.3 is 0 Å². The van der Waals surface area contributed by atoms with Crippen LogP contribution in [0.1, 0.15) is 18.7 Å². The third kappa shape index (κ3) is 3.54. The number of rotatable bonds is 4. The minimum absolute atomic E-state index is 0.108. The number of aryl methyl sites for hydroxylation is 1. The number of nitrogens with zero attached hydrogens (tertiary/aromatic N) is 5. The predicted molar refractivity (Wildman–Crippen MR) is 104 cm³/mol. The number of fused-ring (bicyclic) bond motifs is 1. The fourth-order valence-corrected chi connectivity index (χ4v) is 3.67. The molecular weight excluding hydrogens is 361 g/mol. The normalized spacial score (nSPS) is 15.2. The Balaban J connectivity index is 1.47. The SMILES string of the molecule is COc1cnc(N2CCC(Cn3c(C)nc4cc(F)ccc4c3=O)CC2)nc1. The highest BCUT2D eigenvalue weighted by Crippen LogP contribution is 2.23.